The summed E-state index contributed by atoms with van der Waals surface area (Å²) in [7, 11) is 1.78. The van der Waals surface area contributed by atoms with Gasteiger partial charge in [-0.25, -0.2) is 31.7 Å². The first-order valence-corrected chi connectivity index (χ1v) is 15.2. The number of likely N-dealkylation sites (N-methyl/N-ethyl adjacent to an activating group) is 2. The third-order valence-electron chi connectivity index (χ3n) is 7.16. The van der Waals surface area contributed by atoms with Crippen LogP contribution in [-0.2, 0) is 10.0 Å². The number of sulfonamides is 1. The van der Waals surface area contributed by atoms with Crippen LogP contribution in [0.25, 0.3) is 21.9 Å². The van der Waals surface area contributed by atoms with E-state index >= 15 is 0 Å². The summed E-state index contributed by atoms with van der Waals surface area (Å²) in [5.74, 6) is 0.228. The van der Waals surface area contributed by atoms with E-state index in [1.165, 1.54) is 6.20 Å². The molecule has 0 spiro atoms. The molecule has 0 saturated heterocycles. The standard InChI is InChI=1S/C25H32F2N8O3S2/c1-25(7-8-25)31-40(37,38)17-13-18(16-5-9-34(10-6-16)24(36)33(4)12-11-32(2)3)19-14-28-21(35(19)15-17)23-30-29-22(39-23)20(26)27/h5,13-15,20,31H,6-12H2,1-4H3. The van der Waals surface area contributed by atoms with Crippen LogP contribution < -0.4 is 4.72 Å². The van der Waals surface area contributed by atoms with Crippen LogP contribution >= 0.6 is 11.3 Å². The molecule has 0 atom stereocenters. The lowest BCUT2D eigenvalue weighted by Gasteiger charge is -2.31. The van der Waals surface area contributed by atoms with Crippen molar-refractivity contribution in [1.82, 2.24) is 39.0 Å². The number of fused-ring (bicyclic) bond motifs is 1. The molecule has 1 aliphatic carbocycles. The van der Waals surface area contributed by atoms with Gasteiger partial charge in [0.1, 0.15) is 0 Å². The maximum atomic E-state index is 13.4. The smallest absolute Gasteiger partial charge is 0.320 e. The fraction of sp³-hybridized carbons (Fsp3) is 0.520. The maximum absolute atomic E-state index is 13.4. The van der Waals surface area contributed by atoms with E-state index in [-0.39, 0.29) is 21.8 Å². The van der Waals surface area contributed by atoms with Crippen molar-refractivity contribution in [3.05, 3.63) is 35.1 Å². The number of carbonyl (C=O) groups excluding carboxylic acids is 1. The molecule has 216 valence electrons. The Labute approximate surface area is 235 Å². The molecule has 1 N–H and O–H groups in total. The van der Waals surface area contributed by atoms with Gasteiger partial charge in [0.05, 0.1) is 16.6 Å². The predicted molar refractivity (Wildman–Crippen MR) is 148 cm³/mol. The third kappa shape index (κ3) is 5.87. The van der Waals surface area contributed by atoms with Crippen LogP contribution in [0.15, 0.2) is 29.4 Å². The number of imidazole rings is 1. The Morgan fingerprint density at radius 3 is 2.58 bits per heavy atom. The Balaban J connectivity index is 1.51. The van der Waals surface area contributed by atoms with Gasteiger partial charge >= 0.3 is 6.03 Å². The monoisotopic (exact) mass is 594 g/mol. The highest BCUT2D eigenvalue weighted by atomic mass is 32.2. The summed E-state index contributed by atoms with van der Waals surface area (Å²) in [5.41, 5.74) is 1.64. The van der Waals surface area contributed by atoms with Crippen molar-refractivity contribution >= 4 is 38.5 Å². The van der Waals surface area contributed by atoms with Gasteiger partial charge in [-0.1, -0.05) is 17.4 Å². The van der Waals surface area contributed by atoms with Crippen molar-refractivity contribution < 1.29 is 22.0 Å². The highest BCUT2D eigenvalue weighted by Crippen LogP contribution is 2.37. The van der Waals surface area contributed by atoms with Crippen molar-refractivity contribution in [1.29, 1.82) is 0 Å². The highest BCUT2D eigenvalue weighted by Gasteiger charge is 2.41. The largest absolute Gasteiger partial charge is 0.326 e. The van der Waals surface area contributed by atoms with Crippen molar-refractivity contribution in [2.45, 2.75) is 43.0 Å². The van der Waals surface area contributed by atoms with Crippen molar-refractivity contribution in [2.75, 3.05) is 47.3 Å². The zero-order valence-corrected chi connectivity index (χ0v) is 24.4. The molecule has 15 heteroatoms. The Bertz CT molecular complexity index is 1560. The number of hydrogen-bond acceptors (Lipinski definition) is 8. The summed E-state index contributed by atoms with van der Waals surface area (Å²) in [6.45, 7) is 4.04. The van der Waals surface area contributed by atoms with E-state index in [1.54, 1.807) is 33.5 Å². The molecule has 40 heavy (non-hydrogen) atoms. The summed E-state index contributed by atoms with van der Waals surface area (Å²) < 4.78 is 57.5. The molecule has 5 rings (SSSR count). The number of amides is 2. The minimum absolute atomic E-state index is 0.0313. The van der Waals surface area contributed by atoms with Gasteiger partial charge in [0.2, 0.25) is 10.0 Å². The van der Waals surface area contributed by atoms with Crippen LogP contribution in [0.4, 0.5) is 13.6 Å². The molecule has 1 saturated carbocycles. The number of pyridine rings is 1. The van der Waals surface area contributed by atoms with Gasteiger partial charge in [-0.15, -0.1) is 10.2 Å². The zero-order valence-electron chi connectivity index (χ0n) is 22.8. The number of aromatic nitrogens is 4. The van der Waals surface area contributed by atoms with Gasteiger partial charge in [0, 0.05) is 50.5 Å². The summed E-state index contributed by atoms with van der Waals surface area (Å²) in [6, 6.07) is 1.55. The second-order valence-electron chi connectivity index (χ2n) is 10.8. The molecule has 0 aromatic carbocycles. The minimum atomic E-state index is -3.90. The van der Waals surface area contributed by atoms with Gasteiger partial charge in [0.25, 0.3) is 6.43 Å². The molecule has 2 amide bonds. The quantitative estimate of drug-likeness (QED) is 0.404. The van der Waals surface area contributed by atoms with Crippen LogP contribution in [0.5, 0.6) is 0 Å². The molecule has 3 aromatic heterocycles. The van der Waals surface area contributed by atoms with Crippen LogP contribution in [0.3, 0.4) is 0 Å². The van der Waals surface area contributed by atoms with Crippen molar-refractivity contribution in [3.63, 3.8) is 0 Å². The number of halogens is 2. The fourth-order valence-electron chi connectivity index (χ4n) is 4.49. The molecule has 0 radical (unpaired) electrons. The molecule has 2 aliphatic rings. The number of carbonyl (C=O) groups is 1. The highest BCUT2D eigenvalue weighted by molar-refractivity contribution is 7.89. The number of nitrogens with zero attached hydrogens (tertiary/aromatic N) is 7. The summed E-state index contributed by atoms with van der Waals surface area (Å²) in [6.07, 6.45) is 4.17. The lowest BCUT2D eigenvalue weighted by Crippen LogP contribution is -2.45. The van der Waals surface area contributed by atoms with E-state index < -0.39 is 27.0 Å². The van der Waals surface area contributed by atoms with Gasteiger partial charge in [-0.2, -0.15) is 0 Å². The molecular weight excluding hydrogens is 562 g/mol. The Kier molecular flexibility index (Phi) is 7.67. The Morgan fingerprint density at radius 1 is 1.23 bits per heavy atom. The second kappa shape index (κ2) is 10.8. The Hall–Kier alpha value is -3.01. The van der Waals surface area contributed by atoms with Crippen molar-refractivity contribution in [3.8, 4) is 10.8 Å². The first kappa shape index (κ1) is 28.5. The topological polar surface area (TPSA) is 116 Å². The molecular formula is C25H32F2N8O3S2. The number of nitrogens with one attached hydrogen (secondary N) is 1. The van der Waals surface area contributed by atoms with Crippen LogP contribution in [0.2, 0.25) is 0 Å². The molecule has 3 aromatic rings. The van der Waals surface area contributed by atoms with Gasteiger partial charge in [-0.05, 0) is 51.9 Å². The van der Waals surface area contributed by atoms with Crippen LogP contribution in [0.1, 0.15) is 43.2 Å². The Morgan fingerprint density at radius 2 is 1.98 bits per heavy atom. The first-order chi connectivity index (χ1) is 18.9. The van der Waals surface area contributed by atoms with Crippen LogP contribution in [-0.4, -0.2) is 102 Å². The average Bonchev–Trinajstić information content (AvgIpc) is 3.29. The number of alkyl halides is 2. The lowest BCUT2D eigenvalue weighted by atomic mass is 9.99. The SMILES string of the molecule is CN(C)CCN(C)C(=O)N1CC=C(c2cc(S(=O)(=O)NC3(C)CC3)cn3c(-c4nnc(C(F)F)s4)ncc23)CC1. The summed E-state index contributed by atoms with van der Waals surface area (Å²) in [5, 5.41) is 7.16. The lowest BCUT2D eigenvalue weighted by molar-refractivity contribution is 0.150. The molecule has 1 fully saturated rings. The van der Waals surface area contributed by atoms with E-state index in [4.69, 9.17) is 0 Å². The average molecular weight is 595 g/mol. The van der Waals surface area contributed by atoms with E-state index in [1.807, 2.05) is 32.0 Å². The fourth-order valence-corrected chi connectivity index (χ4v) is 6.68. The predicted octanol–water partition coefficient (Wildman–Crippen LogP) is 3.32. The van der Waals surface area contributed by atoms with E-state index in [0.717, 1.165) is 25.0 Å². The van der Waals surface area contributed by atoms with Gasteiger partial charge in [-0.3, -0.25) is 4.40 Å². The second-order valence-corrected chi connectivity index (χ2v) is 13.5. The minimum Gasteiger partial charge on any atom is -0.326 e. The molecule has 4 heterocycles. The number of rotatable bonds is 9. The molecule has 0 bridgehead atoms. The van der Waals surface area contributed by atoms with Gasteiger partial charge in [0.15, 0.2) is 15.8 Å². The molecule has 0 unspecified atom stereocenters. The third-order valence-corrected chi connectivity index (χ3v) is 9.69. The van der Waals surface area contributed by atoms with E-state index in [9.17, 15) is 22.0 Å². The van der Waals surface area contributed by atoms with Gasteiger partial charge < -0.3 is 14.7 Å². The first-order valence-electron chi connectivity index (χ1n) is 12.9. The maximum Gasteiger partial charge on any atom is 0.320 e. The molecule has 11 nitrogen and oxygen atoms in total. The summed E-state index contributed by atoms with van der Waals surface area (Å²) in [4.78, 5) is 22.8. The van der Waals surface area contributed by atoms with Crippen LogP contribution in [0, 0.1) is 0 Å². The zero-order chi connectivity index (χ0) is 28.8. The number of hydrogen-bond donors (Lipinski definition) is 1. The van der Waals surface area contributed by atoms with E-state index in [2.05, 4.69) is 19.9 Å². The summed E-state index contributed by atoms with van der Waals surface area (Å²) >= 11 is 0.713. The molecule has 1 aliphatic heterocycles. The normalized spacial score (nSPS) is 17.1. The van der Waals surface area contributed by atoms with E-state index in [0.29, 0.717) is 48.5 Å². The van der Waals surface area contributed by atoms with Crippen molar-refractivity contribution in [2.24, 2.45) is 0 Å². The number of urea groups is 1.